The minimum atomic E-state index is 0.203. The molecule has 0 unspecified atom stereocenters. The number of rotatable bonds is 4. The average Bonchev–Trinajstić information content (AvgIpc) is 2.99. The molecule has 2 nitrogen and oxygen atoms in total. The van der Waals surface area contributed by atoms with Crippen molar-refractivity contribution in [1.29, 1.82) is 0 Å². The fraction of sp³-hybridized carbons (Fsp3) is 0.190. The summed E-state index contributed by atoms with van der Waals surface area (Å²) < 4.78 is 6.11. The van der Waals surface area contributed by atoms with Crippen LogP contribution in [0.5, 0.6) is 0 Å². The third kappa shape index (κ3) is 2.22. The Morgan fingerprint density at radius 3 is 2.57 bits per heavy atom. The van der Waals surface area contributed by atoms with E-state index in [4.69, 9.17) is 4.42 Å². The van der Waals surface area contributed by atoms with Crippen LogP contribution < -0.4 is 0 Å². The van der Waals surface area contributed by atoms with Gasteiger partial charge in [0.15, 0.2) is 5.78 Å². The smallest absolute Gasteiger partial charge is 0.163 e. The van der Waals surface area contributed by atoms with Crippen LogP contribution in [0.15, 0.2) is 59.0 Å². The summed E-state index contributed by atoms with van der Waals surface area (Å²) in [6, 6.07) is 18.1. The zero-order valence-electron chi connectivity index (χ0n) is 13.1. The Kier molecular flexibility index (Phi) is 3.38. The van der Waals surface area contributed by atoms with Crippen LogP contribution in [0.25, 0.3) is 32.7 Å². The lowest BCUT2D eigenvalue weighted by molar-refractivity contribution is 0.0981. The van der Waals surface area contributed by atoms with Gasteiger partial charge in [-0.2, -0.15) is 0 Å². The van der Waals surface area contributed by atoms with Crippen molar-refractivity contribution < 1.29 is 9.21 Å². The summed E-state index contributed by atoms with van der Waals surface area (Å²) in [5, 5.41) is 4.10. The van der Waals surface area contributed by atoms with Gasteiger partial charge >= 0.3 is 0 Å². The number of carbonyl (C=O) groups is 1. The number of hydrogen-bond donors (Lipinski definition) is 0. The molecule has 2 heteroatoms. The first-order valence-electron chi connectivity index (χ1n) is 8.16. The topological polar surface area (TPSA) is 30.2 Å². The van der Waals surface area contributed by atoms with E-state index in [-0.39, 0.29) is 5.78 Å². The van der Waals surface area contributed by atoms with Gasteiger partial charge in [-0.25, -0.2) is 0 Å². The minimum absolute atomic E-state index is 0.203. The van der Waals surface area contributed by atoms with Crippen LogP contribution in [0.1, 0.15) is 36.5 Å². The monoisotopic (exact) mass is 302 g/mol. The number of fused-ring (bicyclic) bond motifs is 5. The summed E-state index contributed by atoms with van der Waals surface area (Å²) in [6.07, 6.45) is 2.53. The van der Waals surface area contributed by atoms with Crippen LogP contribution in [-0.2, 0) is 0 Å². The Morgan fingerprint density at radius 2 is 1.74 bits per heavy atom. The van der Waals surface area contributed by atoms with E-state index in [1.54, 1.807) is 0 Å². The standard InChI is InChI=1S/C21H18O2/c1-2-3-11-18(22)17-13-14-8-4-5-9-15(14)21-20(17)16-10-6-7-12-19(16)23-21/h4-10,12-13H,2-3,11H2,1H3. The molecule has 1 heterocycles. The first kappa shape index (κ1) is 14.0. The van der Waals surface area contributed by atoms with Gasteiger partial charge in [0, 0.05) is 28.1 Å². The number of para-hydroxylation sites is 1. The third-order valence-electron chi connectivity index (χ3n) is 4.43. The van der Waals surface area contributed by atoms with Gasteiger partial charge in [-0.15, -0.1) is 0 Å². The lowest BCUT2D eigenvalue weighted by atomic mass is 9.96. The molecule has 3 aromatic carbocycles. The minimum Gasteiger partial charge on any atom is -0.455 e. The first-order chi connectivity index (χ1) is 11.3. The molecule has 0 radical (unpaired) electrons. The highest BCUT2D eigenvalue weighted by molar-refractivity contribution is 6.23. The van der Waals surface area contributed by atoms with Gasteiger partial charge in [0.05, 0.1) is 0 Å². The molecular weight excluding hydrogens is 284 g/mol. The van der Waals surface area contributed by atoms with Crippen LogP contribution in [0, 0.1) is 0 Å². The molecule has 0 spiro atoms. The van der Waals surface area contributed by atoms with Crippen molar-refractivity contribution in [1.82, 2.24) is 0 Å². The van der Waals surface area contributed by atoms with Crippen molar-refractivity contribution in [3.63, 3.8) is 0 Å². The van der Waals surface area contributed by atoms with E-state index < -0.39 is 0 Å². The second-order valence-corrected chi connectivity index (χ2v) is 5.97. The average molecular weight is 302 g/mol. The van der Waals surface area contributed by atoms with Crippen LogP contribution >= 0.6 is 0 Å². The highest BCUT2D eigenvalue weighted by Crippen LogP contribution is 2.37. The molecule has 0 N–H and O–H groups in total. The number of hydrogen-bond acceptors (Lipinski definition) is 2. The molecule has 0 saturated heterocycles. The fourth-order valence-corrected chi connectivity index (χ4v) is 3.25. The van der Waals surface area contributed by atoms with Crippen LogP contribution in [0.2, 0.25) is 0 Å². The number of furan rings is 1. The lowest BCUT2D eigenvalue weighted by Crippen LogP contribution is -1.99. The molecule has 114 valence electrons. The van der Waals surface area contributed by atoms with E-state index in [0.717, 1.165) is 51.1 Å². The highest BCUT2D eigenvalue weighted by Gasteiger charge is 2.18. The molecule has 0 atom stereocenters. The Morgan fingerprint density at radius 1 is 1.00 bits per heavy atom. The van der Waals surface area contributed by atoms with Gasteiger partial charge in [-0.3, -0.25) is 4.79 Å². The molecule has 0 bridgehead atoms. The van der Waals surface area contributed by atoms with Gasteiger partial charge in [-0.05, 0) is 23.9 Å². The molecule has 0 fully saturated rings. The molecule has 23 heavy (non-hydrogen) atoms. The molecule has 4 aromatic rings. The molecule has 0 saturated carbocycles. The van der Waals surface area contributed by atoms with E-state index >= 15 is 0 Å². The normalized spacial score (nSPS) is 11.5. The van der Waals surface area contributed by atoms with E-state index in [9.17, 15) is 4.79 Å². The summed E-state index contributed by atoms with van der Waals surface area (Å²) in [5.74, 6) is 0.203. The van der Waals surface area contributed by atoms with Crippen LogP contribution in [0.4, 0.5) is 0 Å². The number of Topliss-reactive ketones (excluding diaryl/α,β-unsaturated/α-hetero) is 1. The highest BCUT2D eigenvalue weighted by atomic mass is 16.3. The molecule has 4 rings (SSSR count). The second kappa shape index (κ2) is 5.54. The van der Waals surface area contributed by atoms with Gasteiger partial charge < -0.3 is 4.42 Å². The van der Waals surface area contributed by atoms with Gasteiger partial charge in [0.25, 0.3) is 0 Å². The van der Waals surface area contributed by atoms with Crippen molar-refractivity contribution in [3.8, 4) is 0 Å². The van der Waals surface area contributed by atoms with Crippen molar-refractivity contribution in [2.75, 3.05) is 0 Å². The molecule has 0 aliphatic heterocycles. The van der Waals surface area contributed by atoms with E-state index in [1.165, 1.54) is 0 Å². The Labute approximate surface area is 134 Å². The Balaban J connectivity index is 2.11. The zero-order chi connectivity index (χ0) is 15.8. The third-order valence-corrected chi connectivity index (χ3v) is 4.43. The predicted molar refractivity (Wildman–Crippen MR) is 95.1 cm³/mol. The summed E-state index contributed by atoms with van der Waals surface area (Å²) in [7, 11) is 0. The van der Waals surface area contributed by atoms with Crippen molar-refractivity contribution in [3.05, 3.63) is 60.2 Å². The number of benzene rings is 3. The molecular formula is C21H18O2. The molecule has 1 aromatic heterocycles. The van der Waals surface area contributed by atoms with Gasteiger partial charge in [0.2, 0.25) is 0 Å². The van der Waals surface area contributed by atoms with Crippen molar-refractivity contribution >= 4 is 38.5 Å². The van der Waals surface area contributed by atoms with Gasteiger partial charge in [-0.1, -0.05) is 55.8 Å². The zero-order valence-corrected chi connectivity index (χ0v) is 13.1. The van der Waals surface area contributed by atoms with E-state index in [1.807, 2.05) is 48.5 Å². The number of carbonyl (C=O) groups excluding carboxylic acids is 1. The summed E-state index contributed by atoms with van der Waals surface area (Å²) >= 11 is 0. The summed E-state index contributed by atoms with van der Waals surface area (Å²) in [6.45, 7) is 2.11. The number of unbranched alkanes of at least 4 members (excludes halogenated alkanes) is 1. The van der Waals surface area contributed by atoms with Crippen LogP contribution in [-0.4, -0.2) is 5.78 Å². The summed E-state index contributed by atoms with van der Waals surface area (Å²) in [4.78, 5) is 12.8. The summed E-state index contributed by atoms with van der Waals surface area (Å²) in [5.41, 5.74) is 2.45. The molecule has 0 aliphatic carbocycles. The van der Waals surface area contributed by atoms with Crippen LogP contribution in [0.3, 0.4) is 0 Å². The molecule has 0 aliphatic rings. The maximum absolute atomic E-state index is 12.8. The second-order valence-electron chi connectivity index (χ2n) is 5.97. The van der Waals surface area contributed by atoms with E-state index in [2.05, 4.69) is 13.0 Å². The first-order valence-corrected chi connectivity index (χ1v) is 8.16. The molecule has 0 amide bonds. The predicted octanol–water partition coefficient (Wildman–Crippen LogP) is 6.11. The Hall–Kier alpha value is -2.61. The van der Waals surface area contributed by atoms with Gasteiger partial charge in [0.1, 0.15) is 11.2 Å². The largest absolute Gasteiger partial charge is 0.455 e. The van der Waals surface area contributed by atoms with Crippen molar-refractivity contribution in [2.45, 2.75) is 26.2 Å². The van der Waals surface area contributed by atoms with Crippen molar-refractivity contribution in [2.24, 2.45) is 0 Å². The quantitative estimate of drug-likeness (QED) is 0.425. The lowest BCUT2D eigenvalue weighted by Gasteiger charge is -2.06. The maximum atomic E-state index is 12.8. The SMILES string of the molecule is CCCCC(=O)c1cc2ccccc2c2oc3ccccc3c12. The Bertz CT molecular complexity index is 1020. The number of ketones is 1. The van der Waals surface area contributed by atoms with E-state index in [0.29, 0.717) is 6.42 Å². The maximum Gasteiger partial charge on any atom is 0.163 e. The fourth-order valence-electron chi connectivity index (χ4n) is 3.25.